The van der Waals surface area contributed by atoms with Crippen LogP contribution in [0.1, 0.15) is 6.92 Å². The zero-order valence-electron chi connectivity index (χ0n) is 5.42. The van der Waals surface area contributed by atoms with Gasteiger partial charge in [-0.3, -0.25) is 4.79 Å². The number of alkyl carbamates (subject to hydrolysis) is 1. The van der Waals surface area contributed by atoms with Crippen LogP contribution < -0.4 is 5.32 Å². The molecular weight excluding hydrogens is 154 g/mol. The van der Waals surface area contributed by atoms with E-state index in [1.807, 2.05) is 0 Å². The van der Waals surface area contributed by atoms with Crippen LogP contribution >= 0.6 is 11.8 Å². The number of hydrogen-bond donors (Lipinski definition) is 1. The summed E-state index contributed by atoms with van der Waals surface area (Å²) in [5.41, 5.74) is -0.329. The molecule has 0 aromatic rings. The van der Waals surface area contributed by atoms with E-state index in [4.69, 9.17) is 0 Å². The molecule has 0 aromatic heterocycles. The highest BCUT2D eigenvalue weighted by molar-refractivity contribution is 8.14. The van der Waals surface area contributed by atoms with Gasteiger partial charge in [-0.15, -0.1) is 0 Å². The molecule has 10 heavy (non-hydrogen) atoms. The average Bonchev–Trinajstić information content (AvgIpc) is 2.13. The normalized spacial score (nSPS) is 23.7. The van der Waals surface area contributed by atoms with Gasteiger partial charge in [-0.25, -0.2) is 4.79 Å². The van der Waals surface area contributed by atoms with Crippen molar-refractivity contribution in [2.75, 3.05) is 6.54 Å². The molecule has 0 spiro atoms. The molecule has 1 amide bonds. The smallest absolute Gasteiger partial charge is 0.408 e. The van der Waals surface area contributed by atoms with E-state index in [0.717, 1.165) is 11.8 Å². The Kier molecular flexibility index (Phi) is 2.16. The zero-order valence-corrected chi connectivity index (χ0v) is 6.23. The van der Waals surface area contributed by atoms with Gasteiger partial charge in [-0.1, -0.05) is 0 Å². The number of rotatable bonds is 1. The predicted octanol–water partition coefficient (Wildman–Crippen LogP) is 0.332. The average molecular weight is 161 g/mol. The maximum atomic E-state index is 10.5. The molecule has 0 unspecified atom stereocenters. The molecule has 0 bridgehead atoms. The second-order valence-electron chi connectivity index (χ2n) is 1.83. The molecule has 0 aliphatic carbocycles. The first kappa shape index (κ1) is 7.40. The molecule has 56 valence electrons. The number of amides is 1. The Morgan fingerprint density at radius 3 is 3.00 bits per heavy atom. The Labute approximate surface area is 62.3 Å². The molecular formula is C5H7NO3S. The molecule has 1 N–H and O–H groups in total. The lowest BCUT2D eigenvalue weighted by molar-refractivity contribution is -0.109. The van der Waals surface area contributed by atoms with Crippen molar-refractivity contribution >= 4 is 23.0 Å². The van der Waals surface area contributed by atoms with E-state index in [1.165, 1.54) is 6.92 Å². The Morgan fingerprint density at radius 1 is 1.90 bits per heavy atom. The molecule has 0 saturated carbocycles. The highest BCUT2D eigenvalue weighted by Gasteiger charge is 2.23. The molecule has 1 heterocycles. The molecule has 5 heteroatoms. The Balaban J connectivity index is 2.31. The van der Waals surface area contributed by atoms with Crippen molar-refractivity contribution < 1.29 is 14.3 Å². The third kappa shape index (κ3) is 1.91. The summed E-state index contributed by atoms with van der Waals surface area (Å²) in [6, 6.07) is 0. The highest BCUT2D eigenvalue weighted by atomic mass is 32.2. The van der Waals surface area contributed by atoms with Crippen molar-refractivity contribution in [1.29, 1.82) is 0 Å². The van der Waals surface area contributed by atoms with Crippen LogP contribution in [0.4, 0.5) is 4.79 Å². The van der Waals surface area contributed by atoms with Crippen LogP contribution in [0.3, 0.4) is 0 Å². The number of carbonyl (C=O) groups is 2. The molecule has 1 rings (SSSR count). The number of ether oxygens (including phenoxy) is 1. The molecule has 1 fully saturated rings. The van der Waals surface area contributed by atoms with Crippen LogP contribution in [0.2, 0.25) is 0 Å². The molecule has 1 aliphatic rings. The zero-order chi connectivity index (χ0) is 7.56. The molecule has 1 saturated heterocycles. The molecule has 0 radical (unpaired) electrons. The van der Waals surface area contributed by atoms with Gasteiger partial charge in [-0.2, -0.15) is 0 Å². The summed E-state index contributed by atoms with van der Waals surface area (Å²) in [5, 5.41) is 2.40. The van der Waals surface area contributed by atoms with Crippen molar-refractivity contribution in [3.63, 3.8) is 0 Å². The van der Waals surface area contributed by atoms with Gasteiger partial charge in [0.25, 0.3) is 0 Å². The molecule has 1 atom stereocenters. The van der Waals surface area contributed by atoms with Gasteiger partial charge in [0, 0.05) is 6.92 Å². The lowest BCUT2D eigenvalue weighted by Crippen LogP contribution is -2.13. The van der Waals surface area contributed by atoms with E-state index in [1.54, 1.807) is 0 Å². The van der Waals surface area contributed by atoms with E-state index in [9.17, 15) is 9.59 Å². The van der Waals surface area contributed by atoms with Crippen LogP contribution in [0, 0.1) is 0 Å². The third-order valence-electron chi connectivity index (χ3n) is 0.949. The summed E-state index contributed by atoms with van der Waals surface area (Å²) in [4.78, 5) is 20.8. The topological polar surface area (TPSA) is 55.4 Å². The summed E-state index contributed by atoms with van der Waals surface area (Å²) < 4.78 is 4.66. The van der Waals surface area contributed by atoms with Gasteiger partial charge < -0.3 is 10.1 Å². The summed E-state index contributed by atoms with van der Waals surface area (Å²) in [5.74, 6) is 0. The summed E-state index contributed by atoms with van der Waals surface area (Å²) in [6.45, 7) is 1.86. The lowest BCUT2D eigenvalue weighted by Gasteiger charge is -2.01. The van der Waals surface area contributed by atoms with Gasteiger partial charge in [-0.05, 0) is 11.8 Å². The van der Waals surface area contributed by atoms with Crippen molar-refractivity contribution in [1.82, 2.24) is 5.32 Å². The second kappa shape index (κ2) is 2.92. The Morgan fingerprint density at radius 2 is 2.60 bits per heavy atom. The number of thioether (sulfide) groups is 1. The Bertz CT molecular complexity index is 170. The van der Waals surface area contributed by atoms with Gasteiger partial charge in [0.05, 0.1) is 6.54 Å². The predicted molar refractivity (Wildman–Crippen MR) is 36.5 cm³/mol. The minimum Gasteiger partial charge on any atom is -0.433 e. The van der Waals surface area contributed by atoms with E-state index in [0.29, 0.717) is 6.54 Å². The van der Waals surface area contributed by atoms with Crippen LogP contribution in [0.15, 0.2) is 0 Å². The minimum atomic E-state index is -0.446. The third-order valence-corrected chi connectivity index (χ3v) is 1.81. The molecule has 1 aliphatic heterocycles. The standard InChI is InChI=1S/C5H7NO3S/c1-3(7)10-4-2-6-5(8)9-4/h4H,2H2,1H3,(H,6,8)/t4-/m0/s1. The minimum absolute atomic E-state index is 0.0403. The van der Waals surface area contributed by atoms with Gasteiger partial charge >= 0.3 is 6.09 Å². The van der Waals surface area contributed by atoms with Crippen LogP contribution in [0.5, 0.6) is 0 Å². The maximum absolute atomic E-state index is 10.5. The molecule has 4 nitrogen and oxygen atoms in total. The maximum Gasteiger partial charge on any atom is 0.408 e. The van der Waals surface area contributed by atoms with E-state index in [2.05, 4.69) is 10.1 Å². The lowest BCUT2D eigenvalue weighted by atomic mass is 10.7. The monoisotopic (exact) mass is 161 g/mol. The highest BCUT2D eigenvalue weighted by Crippen LogP contribution is 2.15. The first-order valence-corrected chi connectivity index (χ1v) is 3.68. The first-order valence-electron chi connectivity index (χ1n) is 2.80. The van der Waals surface area contributed by atoms with Gasteiger partial charge in [0.1, 0.15) is 0 Å². The number of nitrogens with one attached hydrogen (secondary N) is 1. The largest absolute Gasteiger partial charge is 0.433 e. The molecule has 0 aromatic carbocycles. The van der Waals surface area contributed by atoms with Gasteiger partial charge in [0.15, 0.2) is 10.6 Å². The fraction of sp³-hybridized carbons (Fsp3) is 0.600. The number of carbonyl (C=O) groups excluding carboxylic acids is 2. The van der Waals surface area contributed by atoms with E-state index < -0.39 is 6.09 Å². The fourth-order valence-electron chi connectivity index (χ4n) is 0.620. The van der Waals surface area contributed by atoms with Crippen molar-refractivity contribution in [3.8, 4) is 0 Å². The van der Waals surface area contributed by atoms with Crippen molar-refractivity contribution in [2.24, 2.45) is 0 Å². The van der Waals surface area contributed by atoms with Crippen molar-refractivity contribution in [2.45, 2.75) is 12.4 Å². The van der Waals surface area contributed by atoms with E-state index in [-0.39, 0.29) is 10.6 Å². The second-order valence-corrected chi connectivity index (χ2v) is 3.16. The number of hydrogen-bond acceptors (Lipinski definition) is 4. The number of cyclic esters (lactones) is 1. The Hall–Kier alpha value is -0.710. The summed E-state index contributed by atoms with van der Waals surface area (Å²) in [6.07, 6.45) is -0.446. The van der Waals surface area contributed by atoms with Crippen LogP contribution in [-0.2, 0) is 9.53 Å². The van der Waals surface area contributed by atoms with Gasteiger partial charge in [0.2, 0.25) is 0 Å². The summed E-state index contributed by atoms with van der Waals surface area (Å²) >= 11 is 1.02. The first-order chi connectivity index (χ1) is 4.68. The SMILES string of the molecule is CC(=O)S[C@H]1CNC(=O)O1. The van der Waals surface area contributed by atoms with Crippen LogP contribution in [-0.4, -0.2) is 23.2 Å². The van der Waals surface area contributed by atoms with Crippen LogP contribution in [0.25, 0.3) is 0 Å². The fourth-order valence-corrected chi connectivity index (χ4v) is 1.29. The van der Waals surface area contributed by atoms with E-state index >= 15 is 0 Å². The summed E-state index contributed by atoms with van der Waals surface area (Å²) in [7, 11) is 0. The quantitative estimate of drug-likeness (QED) is 0.602. The van der Waals surface area contributed by atoms with Crippen molar-refractivity contribution in [3.05, 3.63) is 0 Å².